The molecule has 162 valence electrons. The quantitative estimate of drug-likeness (QED) is 0.338. The molecular weight excluding hydrogens is 399 g/mol. The summed E-state index contributed by atoms with van der Waals surface area (Å²) in [5, 5.41) is 38.3. The van der Waals surface area contributed by atoms with E-state index < -0.39 is 73.0 Å². The first-order valence-corrected chi connectivity index (χ1v) is 8.75. The van der Waals surface area contributed by atoms with Crippen LogP contribution >= 0.6 is 0 Å². The van der Waals surface area contributed by atoms with Gasteiger partial charge in [-0.3, -0.25) is 14.3 Å². The molecule has 3 heterocycles. The second kappa shape index (κ2) is 8.30. The molecule has 0 spiro atoms. The van der Waals surface area contributed by atoms with Gasteiger partial charge in [0.2, 0.25) is 0 Å². The summed E-state index contributed by atoms with van der Waals surface area (Å²) < 4.78 is 31.0. The fourth-order valence-corrected chi connectivity index (χ4v) is 3.19. The molecule has 0 saturated carbocycles. The number of aromatic nitrogens is 2. The number of nitrogens with zero attached hydrogens (tertiary/aromatic N) is 1. The van der Waals surface area contributed by atoms with Crippen molar-refractivity contribution in [2.75, 3.05) is 6.61 Å². The fourth-order valence-electron chi connectivity index (χ4n) is 3.19. The van der Waals surface area contributed by atoms with Gasteiger partial charge in [-0.05, 0) is 6.92 Å². The first kappa shape index (κ1) is 21.5. The number of hydrogen-bond acceptors (Lipinski definition) is 9. The Morgan fingerprint density at radius 2 is 1.97 bits per heavy atom. The molecule has 0 radical (unpaired) electrons. The van der Waals surface area contributed by atoms with Gasteiger partial charge in [-0.25, -0.2) is 14.0 Å². The van der Waals surface area contributed by atoms with Crippen molar-refractivity contribution in [3.05, 3.63) is 32.6 Å². The van der Waals surface area contributed by atoms with Gasteiger partial charge in [-0.1, -0.05) is 0 Å². The summed E-state index contributed by atoms with van der Waals surface area (Å²) in [5.74, 6) is -1.58. The smallest absolute Gasteiger partial charge is 0.335 e. The molecule has 13 heteroatoms. The van der Waals surface area contributed by atoms with E-state index in [1.54, 1.807) is 0 Å². The van der Waals surface area contributed by atoms with E-state index in [4.69, 9.17) is 19.3 Å². The minimum absolute atomic E-state index is 0.216. The van der Waals surface area contributed by atoms with Crippen LogP contribution in [-0.4, -0.2) is 85.5 Å². The standard InChI is InChI=1S/C16H21FN2O10/c1-5-3-19(16(26)18-13(5)23)8-2-6(17)7(28-8)4-27-15-11(22)9(20)10(21)12(29-15)14(24)25/h3,6-12,15,20-22H,2,4H2,1H3,(H,24,25)(H,18,23,26)/t6-,7+,8+,9-,10-,11+,12-,15+/m0/s1. The van der Waals surface area contributed by atoms with Crippen LogP contribution in [0, 0.1) is 6.92 Å². The molecule has 2 aliphatic rings. The van der Waals surface area contributed by atoms with Crippen LogP contribution < -0.4 is 11.2 Å². The number of carboxylic acids is 1. The fraction of sp³-hybridized carbons (Fsp3) is 0.688. The number of carbonyl (C=O) groups is 1. The second-order valence-electron chi connectivity index (χ2n) is 6.93. The highest BCUT2D eigenvalue weighted by atomic mass is 19.1. The number of alkyl halides is 1. The van der Waals surface area contributed by atoms with Crippen molar-refractivity contribution in [2.24, 2.45) is 0 Å². The molecule has 0 bridgehead atoms. The third-order valence-electron chi connectivity index (χ3n) is 4.86. The third kappa shape index (κ3) is 4.24. The van der Waals surface area contributed by atoms with E-state index in [9.17, 15) is 34.1 Å². The number of halogens is 1. The van der Waals surface area contributed by atoms with E-state index in [2.05, 4.69) is 4.98 Å². The normalized spacial score (nSPS) is 37.6. The number of ether oxygens (including phenoxy) is 3. The van der Waals surface area contributed by atoms with Gasteiger partial charge in [0.15, 0.2) is 12.4 Å². The summed E-state index contributed by atoms with van der Waals surface area (Å²) >= 11 is 0. The lowest BCUT2D eigenvalue weighted by molar-refractivity contribution is -0.298. The van der Waals surface area contributed by atoms with Crippen molar-refractivity contribution in [3.63, 3.8) is 0 Å². The summed E-state index contributed by atoms with van der Waals surface area (Å²) in [5.41, 5.74) is -1.11. The number of nitrogens with one attached hydrogen (secondary N) is 1. The average molecular weight is 420 g/mol. The van der Waals surface area contributed by atoms with Gasteiger partial charge in [-0.2, -0.15) is 0 Å². The maximum atomic E-state index is 14.4. The first-order valence-electron chi connectivity index (χ1n) is 8.75. The van der Waals surface area contributed by atoms with E-state index in [1.807, 2.05) is 0 Å². The molecule has 0 aliphatic carbocycles. The summed E-state index contributed by atoms with van der Waals surface area (Å²) in [6.07, 6.45) is -11.8. The van der Waals surface area contributed by atoms with Crippen molar-refractivity contribution >= 4 is 5.97 Å². The number of H-pyrrole nitrogens is 1. The molecule has 0 aromatic carbocycles. The molecule has 29 heavy (non-hydrogen) atoms. The largest absolute Gasteiger partial charge is 0.479 e. The summed E-state index contributed by atoms with van der Waals surface area (Å²) in [7, 11) is 0. The lowest BCUT2D eigenvalue weighted by Gasteiger charge is -2.38. The van der Waals surface area contributed by atoms with Gasteiger partial charge in [0.1, 0.15) is 36.8 Å². The van der Waals surface area contributed by atoms with Crippen molar-refractivity contribution < 1.29 is 43.8 Å². The Hall–Kier alpha value is -2.16. The number of aryl methyl sites for hydroxylation is 1. The van der Waals surface area contributed by atoms with E-state index >= 15 is 0 Å². The molecule has 2 aliphatic heterocycles. The third-order valence-corrected chi connectivity index (χ3v) is 4.86. The van der Waals surface area contributed by atoms with Crippen molar-refractivity contribution in [1.82, 2.24) is 9.55 Å². The number of aliphatic hydroxyl groups is 3. The minimum atomic E-state index is -1.88. The second-order valence-corrected chi connectivity index (χ2v) is 6.93. The Morgan fingerprint density at radius 3 is 2.62 bits per heavy atom. The predicted molar refractivity (Wildman–Crippen MR) is 89.8 cm³/mol. The van der Waals surface area contributed by atoms with Crippen LogP contribution in [0.15, 0.2) is 15.8 Å². The van der Waals surface area contributed by atoms with Crippen LogP contribution in [0.1, 0.15) is 18.2 Å². The Morgan fingerprint density at radius 1 is 1.28 bits per heavy atom. The zero-order valence-electron chi connectivity index (χ0n) is 15.2. The van der Waals surface area contributed by atoms with E-state index in [1.165, 1.54) is 13.1 Å². The number of hydrogen-bond donors (Lipinski definition) is 5. The molecular formula is C16H21FN2O10. The van der Waals surface area contributed by atoms with E-state index in [0.717, 1.165) is 4.57 Å². The van der Waals surface area contributed by atoms with Gasteiger partial charge < -0.3 is 34.6 Å². The van der Waals surface area contributed by atoms with Crippen LogP contribution in [0.2, 0.25) is 0 Å². The molecule has 0 amide bonds. The van der Waals surface area contributed by atoms with Crippen LogP contribution in [0.3, 0.4) is 0 Å². The highest BCUT2D eigenvalue weighted by Crippen LogP contribution is 2.31. The van der Waals surface area contributed by atoms with Gasteiger partial charge in [-0.15, -0.1) is 0 Å². The van der Waals surface area contributed by atoms with Gasteiger partial charge in [0, 0.05) is 18.2 Å². The van der Waals surface area contributed by atoms with Gasteiger partial charge in [0.05, 0.1) is 6.61 Å². The zero-order valence-corrected chi connectivity index (χ0v) is 15.2. The van der Waals surface area contributed by atoms with Gasteiger partial charge >= 0.3 is 11.7 Å². The topological polar surface area (TPSA) is 181 Å². The summed E-state index contributed by atoms with van der Waals surface area (Å²) in [4.78, 5) is 36.5. The SMILES string of the molecule is Cc1cn([C@H]2C[C@H](F)[C@@H](CO[C@@H]3O[C@H](C(=O)O)[C@@H](O)[C@H](O)[C@H]3O)O2)c(=O)[nH]c1=O. The lowest BCUT2D eigenvalue weighted by Crippen LogP contribution is -2.60. The number of aliphatic carboxylic acids is 1. The molecule has 2 fully saturated rings. The number of rotatable bonds is 5. The highest BCUT2D eigenvalue weighted by Gasteiger charge is 2.48. The molecule has 1 aromatic heterocycles. The van der Waals surface area contributed by atoms with Crippen molar-refractivity contribution in [2.45, 2.75) is 62.6 Å². The summed E-state index contributed by atoms with van der Waals surface area (Å²) in [6, 6.07) is 0. The van der Waals surface area contributed by atoms with Crippen molar-refractivity contribution in [1.29, 1.82) is 0 Å². The zero-order chi connectivity index (χ0) is 21.5. The molecule has 5 N–H and O–H groups in total. The average Bonchev–Trinajstić information content (AvgIpc) is 3.02. The number of carboxylic acid groups (broad SMARTS) is 1. The maximum Gasteiger partial charge on any atom is 0.335 e. The highest BCUT2D eigenvalue weighted by molar-refractivity contribution is 5.73. The predicted octanol–water partition coefficient (Wildman–Crippen LogP) is -2.62. The van der Waals surface area contributed by atoms with Crippen molar-refractivity contribution in [3.8, 4) is 0 Å². The Kier molecular flexibility index (Phi) is 6.16. The van der Waals surface area contributed by atoms with Gasteiger partial charge in [0.25, 0.3) is 5.56 Å². The number of aromatic amines is 1. The molecule has 8 atom stereocenters. The van der Waals surface area contributed by atoms with E-state index in [-0.39, 0.29) is 12.0 Å². The Balaban J connectivity index is 1.65. The molecule has 12 nitrogen and oxygen atoms in total. The number of aliphatic hydroxyl groups excluding tert-OH is 3. The van der Waals surface area contributed by atoms with Crippen LogP contribution in [-0.2, 0) is 19.0 Å². The molecule has 0 unspecified atom stereocenters. The monoisotopic (exact) mass is 420 g/mol. The minimum Gasteiger partial charge on any atom is -0.479 e. The first-order chi connectivity index (χ1) is 13.6. The molecule has 2 saturated heterocycles. The Labute approximate surface area is 162 Å². The maximum absolute atomic E-state index is 14.4. The molecule has 3 rings (SSSR count). The van der Waals surface area contributed by atoms with Crippen LogP contribution in [0.25, 0.3) is 0 Å². The Bertz CT molecular complexity index is 872. The molecule has 1 aromatic rings. The van der Waals surface area contributed by atoms with E-state index in [0.29, 0.717) is 0 Å². The lowest BCUT2D eigenvalue weighted by atomic mass is 9.99. The summed E-state index contributed by atoms with van der Waals surface area (Å²) in [6.45, 7) is 0.975. The van der Waals surface area contributed by atoms with Crippen LogP contribution in [0.5, 0.6) is 0 Å². The van der Waals surface area contributed by atoms with Crippen LogP contribution in [0.4, 0.5) is 4.39 Å².